The van der Waals surface area contributed by atoms with Crippen molar-refractivity contribution in [1.29, 1.82) is 0 Å². The molecule has 0 radical (unpaired) electrons. The molecule has 0 N–H and O–H groups in total. The van der Waals surface area contributed by atoms with E-state index in [1.165, 1.54) is 11.8 Å². The predicted molar refractivity (Wildman–Crippen MR) is 84.4 cm³/mol. The third-order valence-corrected chi connectivity index (χ3v) is 3.67. The Morgan fingerprint density at radius 3 is 2.73 bits per heavy atom. The minimum absolute atomic E-state index is 0.00578. The Morgan fingerprint density at radius 1 is 1.36 bits per heavy atom. The third-order valence-electron chi connectivity index (χ3n) is 3.67. The van der Waals surface area contributed by atoms with Gasteiger partial charge in [0.1, 0.15) is 25.1 Å². The van der Waals surface area contributed by atoms with Crippen molar-refractivity contribution in [2.45, 2.75) is 40.2 Å². The number of aryl methyl sites for hydroxylation is 2. The van der Waals surface area contributed by atoms with E-state index in [-0.39, 0.29) is 5.82 Å². The van der Waals surface area contributed by atoms with Crippen molar-refractivity contribution < 1.29 is 9.66 Å². The summed E-state index contributed by atoms with van der Waals surface area (Å²) in [6.07, 6.45) is 1.28. The molecule has 0 aliphatic heterocycles. The van der Waals surface area contributed by atoms with E-state index in [9.17, 15) is 10.1 Å². The number of hydrogen-bond donors (Lipinski definition) is 0. The lowest BCUT2D eigenvalue weighted by molar-refractivity contribution is -0.392. The molecule has 0 atom stereocenters. The number of rotatable bonds is 6. The Balaban J connectivity index is 2.07. The van der Waals surface area contributed by atoms with Gasteiger partial charge in [0.25, 0.3) is 0 Å². The Kier molecular flexibility index (Phi) is 4.80. The molecule has 0 bridgehead atoms. The van der Waals surface area contributed by atoms with E-state index in [1.54, 1.807) is 11.5 Å². The van der Waals surface area contributed by atoms with Gasteiger partial charge in [-0.2, -0.15) is 0 Å². The van der Waals surface area contributed by atoms with Crippen molar-refractivity contribution in [2.75, 3.05) is 6.61 Å². The van der Waals surface area contributed by atoms with E-state index in [1.807, 2.05) is 19.1 Å². The molecule has 0 aliphatic carbocycles. The molecule has 2 aromatic rings. The smallest absolute Gasteiger partial charge is 0.342 e. The highest BCUT2D eigenvalue weighted by molar-refractivity contribution is 5.37. The van der Waals surface area contributed by atoms with E-state index < -0.39 is 4.92 Å². The zero-order chi connectivity index (χ0) is 16.3. The van der Waals surface area contributed by atoms with Crippen LogP contribution in [0.5, 0.6) is 5.75 Å². The molecule has 1 aromatic heterocycles. The second-order valence-electron chi connectivity index (χ2n) is 5.60. The van der Waals surface area contributed by atoms with Crippen molar-refractivity contribution in [3.8, 4) is 5.75 Å². The normalized spacial score (nSPS) is 11.0. The fourth-order valence-corrected chi connectivity index (χ4v) is 2.26. The molecule has 0 unspecified atom stereocenters. The summed E-state index contributed by atoms with van der Waals surface area (Å²) in [5.41, 5.74) is 2.27. The number of aromatic nitrogens is 2. The van der Waals surface area contributed by atoms with Gasteiger partial charge in [0.2, 0.25) is 0 Å². The van der Waals surface area contributed by atoms with Gasteiger partial charge in [-0.05, 0) is 35.0 Å². The largest absolute Gasteiger partial charge is 0.489 e. The Bertz CT molecular complexity index is 677. The van der Waals surface area contributed by atoms with Crippen LogP contribution >= 0.6 is 0 Å². The van der Waals surface area contributed by atoms with Crippen LogP contribution in [0.3, 0.4) is 0 Å². The van der Waals surface area contributed by atoms with Crippen molar-refractivity contribution in [3.63, 3.8) is 0 Å². The number of benzene rings is 1. The Labute approximate surface area is 129 Å². The minimum atomic E-state index is -0.426. The van der Waals surface area contributed by atoms with Gasteiger partial charge in [-0.15, -0.1) is 0 Å². The van der Waals surface area contributed by atoms with Gasteiger partial charge in [0.15, 0.2) is 5.82 Å². The maximum absolute atomic E-state index is 10.9. The highest BCUT2D eigenvalue weighted by atomic mass is 16.6. The van der Waals surface area contributed by atoms with Crippen LogP contribution in [0.15, 0.2) is 24.4 Å². The third kappa shape index (κ3) is 3.44. The second-order valence-corrected chi connectivity index (χ2v) is 5.60. The van der Waals surface area contributed by atoms with Gasteiger partial charge in [-0.3, -0.25) is 0 Å². The minimum Gasteiger partial charge on any atom is -0.489 e. The number of hydrogen-bond acceptors (Lipinski definition) is 4. The molecule has 6 nitrogen and oxygen atoms in total. The maximum atomic E-state index is 10.9. The quantitative estimate of drug-likeness (QED) is 0.603. The molecule has 0 saturated heterocycles. The fraction of sp³-hybridized carbons (Fsp3) is 0.438. The maximum Gasteiger partial charge on any atom is 0.342 e. The molecule has 2 rings (SSSR count). The van der Waals surface area contributed by atoms with Gasteiger partial charge >= 0.3 is 5.82 Å². The van der Waals surface area contributed by atoms with Crippen molar-refractivity contribution in [3.05, 3.63) is 51.5 Å². The van der Waals surface area contributed by atoms with Crippen molar-refractivity contribution in [2.24, 2.45) is 0 Å². The predicted octanol–water partition coefficient (Wildman–Crippen LogP) is 3.61. The summed E-state index contributed by atoms with van der Waals surface area (Å²) in [7, 11) is 0. The van der Waals surface area contributed by atoms with Crippen LogP contribution in [0.1, 0.15) is 36.7 Å². The Hall–Kier alpha value is -2.37. The van der Waals surface area contributed by atoms with Crippen molar-refractivity contribution in [1.82, 2.24) is 9.55 Å². The lowest BCUT2D eigenvalue weighted by Gasteiger charge is -2.12. The van der Waals surface area contributed by atoms with E-state index in [4.69, 9.17) is 4.74 Å². The first-order valence-corrected chi connectivity index (χ1v) is 7.30. The van der Waals surface area contributed by atoms with Crippen LogP contribution in [0.4, 0.5) is 5.82 Å². The van der Waals surface area contributed by atoms with E-state index >= 15 is 0 Å². The summed E-state index contributed by atoms with van der Waals surface area (Å²) in [5, 5.41) is 10.9. The van der Waals surface area contributed by atoms with Gasteiger partial charge in [-0.25, -0.2) is 9.55 Å². The highest BCUT2D eigenvalue weighted by Crippen LogP contribution is 2.24. The van der Waals surface area contributed by atoms with Gasteiger partial charge < -0.3 is 14.9 Å². The molecule has 1 aromatic carbocycles. The first-order valence-electron chi connectivity index (χ1n) is 7.30. The number of nitrogens with zero attached hydrogens (tertiary/aromatic N) is 3. The molecule has 0 saturated carbocycles. The lowest BCUT2D eigenvalue weighted by Crippen LogP contribution is -2.12. The van der Waals surface area contributed by atoms with Gasteiger partial charge in [0.05, 0.1) is 0 Å². The van der Waals surface area contributed by atoms with E-state index in [0.717, 1.165) is 11.3 Å². The van der Waals surface area contributed by atoms with Crippen LogP contribution < -0.4 is 4.74 Å². The second kappa shape index (κ2) is 6.60. The summed E-state index contributed by atoms with van der Waals surface area (Å²) in [6.45, 7) is 8.76. The van der Waals surface area contributed by atoms with Gasteiger partial charge in [-0.1, -0.05) is 26.0 Å². The molecular formula is C16H21N3O3. The summed E-state index contributed by atoms with van der Waals surface area (Å²) in [5.74, 6) is 1.86. The molecular weight excluding hydrogens is 282 g/mol. The zero-order valence-corrected chi connectivity index (χ0v) is 13.4. The van der Waals surface area contributed by atoms with Crippen LogP contribution in [-0.4, -0.2) is 21.1 Å². The molecule has 22 heavy (non-hydrogen) atoms. The lowest BCUT2D eigenvalue weighted by atomic mass is 10.0. The van der Waals surface area contributed by atoms with Crippen LogP contribution in [0.25, 0.3) is 0 Å². The molecule has 0 spiro atoms. The monoisotopic (exact) mass is 303 g/mol. The molecule has 0 fully saturated rings. The average Bonchev–Trinajstić information content (AvgIpc) is 2.82. The summed E-state index contributed by atoms with van der Waals surface area (Å²) >= 11 is 0. The topological polar surface area (TPSA) is 70.2 Å². The molecule has 0 amide bonds. The summed E-state index contributed by atoms with van der Waals surface area (Å²) < 4.78 is 7.38. The van der Waals surface area contributed by atoms with E-state index in [2.05, 4.69) is 24.9 Å². The van der Waals surface area contributed by atoms with Crippen LogP contribution in [0.2, 0.25) is 0 Å². The molecule has 0 aliphatic rings. The fourth-order valence-electron chi connectivity index (χ4n) is 2.26. The Morgan fingerprint density at radius 2 is 2.09 bits per heavy atom. The molecule has 118 valence electrons. The SMILES string of the molecule is Cc1ccc(C(C)C)cc1OCCn1c([N+](=O)[O-])cnc1C. The average molecular weight is 303 g/mol. The number of imidazole rings is 1. The first-order chi connectivity index (χ1) is 10.4. The van der Waals surface area contributed by atoms with Crippen LogP contribution in [-0.2, 0) is 6.54 Å². The van der Waals surface area contributed by atoms with Gasteiger partial charge in [0, 0.05) is 6.92 Å². The number of nitro groups is 1. The molecule has 6 heteroatoms. The zero-order valence-electron chi connectivity index (χ0n) is 13.4. The van der Waals surface area contributed by atoms with Crippen LogP contribution in [0, 0.1) is 24.0 Å². The summed E-state index contributed by atoms with van der Waals surface area (Å²) in [4.78, 5) is 14.5. The van der Waals surface area contributed by atoms with E-state index in [0.29, 0.717) is 24.9 Å². The first kappa shape index (κ1) is 16.0. The number of ether oxygens (including phenoxy) is 1. The molecule has 1 heterocycles. The standard InChI is InChI=1S/C16H21N3O3/c1-11(2)14-6-5-12(3)15(9-14)22-8-7-18-13(4)17-10-16(18)19(20)21/h5-6,9-11H,7-8H2,1-4H3. The summed E-state index contributed by atoms with van der Waals surface area (Å²) in [6, 6.07) is 6.17. The highest BCUT2D eigenvalue weighted by Gasteiger charge is 2.17. The van der Waals surface area contributed by atoms with Crippen molar-refractivity contribution >= 4 is 5.82 Å².